The molecule has 0 unspecified atom stereocenters. The number of ether oxygens (including phenoxy) is 1. The van der Waals surface area contributed by atoms with Crippen molar-refractivity contribution in [2.75, 3.05) is 19.7 Å². The SMILES string of the molecule is C[C@H](COc1ccc(F)cc1)NC(=O)N1CC[C@H]([C@H](C)O)C1. The number of aliphatic hydroxyl groups is 1. The van der Waals surface area contributed by atoms with Crippen LogP contribution in [0, 0.1) is 11.7 Å². The fourth-order valence-corrected chi connectivity index (χ4v) is 2.46. The van der Waals surface area contributed by atoms with Gasteiger partial charge < -0.3 is 20.1 Å². The Morgan fingerprint density at radius 1 is 1.45 bits per heavy atom. The summed E-state index contributed by atoms with van der Waals surface area (Å²) >= 11 is 0. The largest absolute Gasteiger partial charge is 0.491 e. The number of benzene rings is 1. The third-order valence-corrected chi connectivity index (χ3v) is 3.88. The zero-order valence-electron chi connectivity index (χ0n) is 13.0. The number of halogens is 1. The lowest BCUT2D eigenvalue weighted by atomic mass is 10.0. The first-order valence-electron chi connectivity index (χ1n) is 7.57. The molecule has 1 aliphatic rings. The molecular formula is C16H23FN2O3. The van der Waals surface area contributed by atoms with Gasteiger partial charge in [0.2, 0.25) is 0 Å². The average molecular weight is 310 g/mol. The van der Waals surface area contributed by atoms with Gasteiger partial charge in [-0.25, -0.2) is 9.18 Å². The van der Waals surface area contributed by atoms with E-state index < -0.39 is 6.10 Å². The monoisotopic (exact) mass is 310 g/mol. The van der Waals surface area contributed by atoms with Crippen LogP contribution in [0.2, 0.25) is 0 Å². The molecule has 1 saturated heterocycles. The summed E-state index contributed by atoms with van der Waals surface area (Å²) in [6.07, 6.45) is 0.433. The summed E-state index contributed by atoms with van der Waals surface area (Å²) in [5.41, 5.74) is 0. The first-order valence-corrected chi connectivity index (χ1v) is 7.57. The Morgan fingerprint density at radius 2 is 2.14 bits per heavy atom. The second kappa shape index (κ2) is 7.45. The number of rotatable bonds is 5. The van der Waals surface area contributed by atoms with Crippen molar-refractivity contribution in [3.05, 3.63) is 30.1 Å². The van der Waals surface area contributed by atoms with Gasteiger partial charge in [0.1, 0.15) is 18.2 Å². The van der Waals surface area contributed by atoms with Gasteiger partial charge in [-0.15, -0.1) is 0 Å². The molecule has 0 bridgehead atoms. The lowest BCUT2D eigenvalue weighted by Gasteiger charge is -2.21. The number of nitrogens with one attached hydrogen (secondary N) is 1. The summed E-state index contributed by atoms with van der Waals surface area (Å²) in [6.45, 7) is 5.15. The molecule has 0 aliphatic carbocycles. The molecule has 0 aromatic heterocycles. The molecule has 1 aliphatic heterocycles. The highest BCUT2D eigenvalue weighted by Crippen LogP contribution is 2.19. The molecular weight excluding hydrogens is 287 g/mol. The fraction of sp³-hybridized carbons (Fsp3) is 0.562. The van der Waals surface area contributed by atoms with Crippen LogP contribution in [0.25, 0.3) is 0 Å². The van der Waals surface area contributed by atoms with Crippen LogP contribution in [0.4, 0.5) is 9.18 Å². The highest BCUT2D eigenvalue weighted by molar-refractivity contribution is 5.74. The fourth-order valence-electron chi connectivity index (χ4n) is 2.46. The molecule has 1 aromatic rings. The maximum atomic E-state index is 12.8. The lowest BCUT2D eigenvalue weighted by molar-refractivity contribution is 0.128. The zero-order chi connectivity index (χ0) is 16.1. The predicted octanol–water partition coefficient (Wildman–Crippen LogP) is 2.01. The Bertz CT molecular complexity index is 493. The molecule has 122 valence electrons. The Kier molecular flexibility index (Phi) is 5.60. The van der Waals surface area contributed by atoms with Crippen LogP contribution in [0.15, 0.2) is 24.3 Å². The van der Waals surface area contributed by atoms with E-state index in [4.69, 9.17) is 4.74 Å². The number of hydrogen-bond acceptors (Lipinski definition) is 3. The smallest absolute Gasteiger partial charge is 0.317 e. The van der Waals surface area contributed by atoms with E-state index in [1.54, 1.807) is 24.0 Å². The van der Waals surface area contributed by atoms with Crippen molar-refractivity contribution < 1.29 is 19.0 Å². The molecule has 1 heterocycles. The Morgan fingerprint density at radius 3 is 2.73 bits per heavy atom. The molecule has 0 spiro atoms. The summed E-state index contributed by atoms with van der Waals surface area (Å²) in [5.74, 6) is 0.407. The summed E-state index contributed by atoms with van der Waals surface area (Å²) in [7, 11) is 0. The van der Waals surface area contributed by atoms with Crippen LogP contribution < -0.4 is 10.1 Å². The molecule has 0 radical (unpaired) electrons. The van der Waals surface area contributed by atoms with Crippen molar-refractivity contribution in [3.63, 3.8) is 0 Å². The first kappa shape index (κ1) is 16.5. The van der Waals surface area contributed by atoms with Crippen molar-refractivity contribution >= 4 is 6.03 Å². The maximum absolute atomic E-state index is 12.8. The van der Waals surface area contributed by atoms with E-state index in [0.29, 0.717) is 25.4 Å². The number of hydrogen-bond donors (Lipinski definition) is 2. The Hall–Kier alpha value is -1.82. The maximum Gasteiger partial charge on any atom is 0.317 e. The molecule has 0 saturated carbocycles. The van der Waals surface area contributed by atoms with Crippen molar-refractivity contribution in [2.45, 2.75) is 32.4 Å². The number of carbonyl (C=O) groups is 1. The number of likely N-dealkylation sites (tertiary alicyclic amines) is 1. The number of carbonyl (C=O) groups excluding carboxylic acids is 1. The number of aliphatic hydroxyl groups excluding tert-OH is 1. The van der Waals surface area contributed by atoms with Gasteiger partial charge in [-0.3, -0.25) is 0 Å². The van der Waals surface area contributed by atoms with E-state index in [0.717, 1.165) is 6.42 Å². The Labute approximate surface area is 130 Å². The number of urea groups is 1. The quantitative estimate of drug-likeness (QED) is 0.874. The van der Waals surface area contributed by atoms with Crippen LogP contribution in [-0.2, 0) is 0 Å². The van der Waals surface area contributed by atoms with Gasteiger partial charge in [0.05, 0.1) is 12.1 Å². The average Bonchev–Trinajstić information content (AvgIpc) is 2.97. The van der Waals surface area contributed by atoms with Gasteiger partial charge >= 0.3 is 6.03 Å². The molecule has 1 fully saturated rings. The van der Waals surface area contributed by atoms with Crippen molar-refractivity contribution in [1.82, 2.24) is 10.2 Å². The van der Waals surface area contributed by atoms with Crippen molar-refractivity contribution in [3.8, 4) is 5.75 Å². The second-order valence-corrected chi connectivity index (χ2v) is 5.85. The molecule has 2 N–H and O–H groups in total. The van der Waals surface area contributed by atoms with E-state index in [-0.39, 0.29) is 23.8 Å². The number of nitrogens with zero attached hydrogens (tertiary/aromatic N) is 1. The zero-order valence-corrected chi connectivity index (χ0v) is 13.0. The summed E-state index contributed by atoms with van der Waals surface area (Å²) in [4.78, 5) is 13.8. The molecule has 2 amide bonds. The highest BCUT2D eigenvalue weighted by atomic mass is 19.1. The van der Waals surface area contributed by atoms with Gasteiger partial charge in [0.25, 0.3) is 0 Å². The van der Waals surface area contributed by atoms with Crippen LogP contribution >= 0.6 is 0 Å². The molecule has 1 aromatic carbocycles. The first-order chi connectivity index (χ1) is 10.5. The van der Waals surface area contributed by atoms with Gasteiger partial charge in [0, 0.05) is 19.0 Å². The summed E-state index contributed by atoms with van der Waals surface area (Å²) in [5, 5.41) is 12.4. The minimum absolute atomic E-state index is 0.140. The molecule has 5 nitrogen and oxygen atoms in total. The van der Waals surface area contributed by atoms with Crippen LogP contribution in [0.3, 0.4) is 0 Å². The van der Waals surface area contributed by atoms with Gasteiger partial charge in [-0.2, -0.15) is 0 Å². The van der Waals surface area contributed by atoms with Crippen LogP contribution in [-0.4, -0.2) is 47.9 Å². The van der Waals surface area contributed by atoms with E-state index in [9.17, 15) is 14.3 Å². The minimum atomic E-state index is -0.392. The van der Waals surface area contributed by atoms with Crippen molar-refractivity contribution in [2.24, 2.45) is 5.92 Å². The normalized spacial score (nSPS) is 20.5. The Balaban J connectivity index is 1.73. The van der Waals surface area contributed by atoms with Crippen LogP contribution in [0.1, 0.15) is 20.3 Å². The standard InChI is InChI=1S/C16H23FN2O3/c1-11(10-22-15-5-3-14(17)4-6-15)18-16(21)19-8-7-13(9-19)12(2)20/h3-6,11-13,20H,7-10H2,1-2H3,(H,18,21)/t11-,12+,13+/m1/s1. The molecule has 22 heavy (non-hydrogen) atoms. The molecule has 3 atom stereocenters. The predicted molar refractivity (Wildman–Crippen MR) is 81.2 cm³/mol. The molecule has 2 rings (SSSR count). The topological polar surface area (TPSA) is 61.8 Å². The summed E-state index contributed by atoms with van der Waals surface area (Å²) < 4.78 is 18.3. The number of amides is 2. The van der Waals surface area contributed by atoms with Gasteiger partial charge in [0.15, 0.2) is 0 Å². The van der Waals surface area contributed by atoms with Gasteiger partial charge in [-0.1, -0.05) is 0 Å². The van der Waals surface area contributed by atoms with Gasteiger partial charge in [-0.05, 0) is 44.5 Å². The van der Waals surface area contributed by atoms with Crippen molar-refractivity contribution in [1.29, 1.82) is 0 Å². The van der Waals surface area contributed by atoms with E-state index in [2.05, 4.69) is 5.32 Å². The van der Waals surface area contributed by atoms with E-state index in [1.807, 2.05) is 6.92 Å². The third-order valence-electron chi connectivity index (χ3n) is 3.88. The van der Waals surface area contributed by atoms with Crippen LogP contribution in [0.5, 0.6) is 5.75 Å². The third kappa shape index (κ3) is 4.59. The summed E-state index contributed by atoms with van der Waals surface area (Å²) in [6, 6.07) is 5.47. The molecule has 6 heteroatoms. The second-order valence-electron chi connectivity index (χ2n) is 5.85. The minimum Gasteiger partial charge on any atom is -0.491 e. The van der Waals surface area contributed by atoms with E-state index in [1.165, 1.54) is 12.1 Å². The van der Waals surface area contributed by atoms with E-state index >= 15 is 0 Å². The highest BCUT2D eigenvalue weighted by Gasteiger charge is 2.29. The lowest BCUT2D eigenvalue weighted by Crippen LogP contribution is -2.45.